The minimum absolute atomic E-state index is 0.0277. The summed E-state index contributed by atoms with van der Waals surface area (Å²) in [6.45, 7) is 0.774. The summed E-state index contributed by atoms with van der Waals surface area (Å²) in [6, 6.07) is 1.86. The van der Waals surface area contributed by atoms with Crippen LogP contribution in [-0.2, 0) is 0 Å². The lowest BCUT2D eigenvalue weighted by molar-refractivity contribution is 0.0944. The molecule has 1 amide bonds. The van der Waals surface area contributed by atoms with Crippen molar-refractivity contribution in [1.29, 1.82) is 0 Å². The van der Waals surface area contributed by atoms with Gasteiger partial charge in [-0.25, -0.2) is 0 Å². The van der Waals surface area contributed by atoms with E-state index in [9.17, 15) is 4.79 Å². The molecule has 0 aliphatic heterocycles. The number of hydrogen-bond donors (Lipinski definition) is 1. The highest BCUT2D eigenvalue weighted by Crippen LogP contribution is 2.27. The molecule has 0 bridgehead atoms. The van der Waals surface area contributed by atoms with Crippen molar-refractivity contribution in [3.63, 3.8) is 0 Å². The van der Waals surface area contributed by atoms with E-state index in [1.54, 1.807) is 0 Å². The van der Waals surface area contributed by atoms with Gasteiger partial charge in [0, 0.05) is 17.3 Å². The molecule has 1 fully saturated rings. The highest BCUT2D eigenvalue weighted by atomic mass is 79.9. The molecule has 17 heavy (non-hydrogen) atoms. The number of carbonyl (C=O) groups is 1. The van der Waals surface area contributed by atoms with E-state index >= 15 is 0 Å². The van der Waals surface area contributed by atoms with Crippen molar-refractivity contribution in [1.82, 2.24) is 5.32 Å². The maximum atomic E-state index is 11.8. The van der Waals surface area contributed by atoms with Gasteiger partial charge in [-0.1, -0.05) is 0 Å². The smallest absolute Gasteiger partial charge is 0.252 e. The van der Waals surface area contributed by atoms with Gasteiger partial charge in [0.15, 0.2) is 0 Å². The van der Waals surface area contributed by atoms with Crippen molar-refractivity contribution >= 4 is 44.8 Å². The zero-order chi connectivity index (χ0) is 12.3. The lowest BCUT2D eigenvalue weighted by atomic mass is 9.89. The Kier molecular flexibility index (Phi) is 4.88. The second kappa shape index (κ2) is 6.21. The van der Waals surface area contributed by atoms with Crippen molar-refractivity contribution in [2.45, 2.75) is 31.1 Å². The Labute approximate surface area is 119 Å². The molecular formula is C12H15BrClNOS. The summed E-state index contributed by atoms with van der Waals surface area (Å²) in [4.78, 5) is 11.8. The third-order valence-electron chi connectivity index (χ3n) is 3.16. The van der Waals surface area contributed by atoms with E-state index in [1.165, 1.54) is 11.3 Å². The second-order valence-electron chi connectivity index (χ2n) is 4.47. The lowest BCUT2D eigenvalue weighted by Gasteiger charge is -2.24. The zero-order valence-corrected chi connectivity index (χ0v) is 12.6. The number of rotatable bonds is 3. The molecule has 0 spiro atoms. The topological polar surface area (TPSA) is 29.1 Å². The predicted molar refractivity (Wildman–Crippen MR) is 76.0 cm³/mol. The first-order valence-electron chi connectivity index (χ1n) is 5.81. The number of carbonyl (C=O) groups excluding carboxylic acids is 1. The van der Waals surface area contributed by atoms with Gasteiger partial charge in [0.25, 0.3) is 5.91 Å². The van der Waals surface area contributed by atoms with E-state index in [-0.39, 0.29) is 5.91 Å². The van der Waals surface area contributed by atoms with Crippen molar-refractivity contribution in [2.75, 3.05) is 6.54 Å². The molecule has 1 aromatic heterocycles. The minimum Gasteiger partial charge on any atom is -0.352 e. The van der Waals surface area contributed by atoms with Crippen molar-refractivity contribution in [3.8, 4) is 0 Å². The molecule has 5 heteroatoms. The Balaban J connectivity index is 1.76. The molecule has 2 nitrogen and oxygen atoms in total. The van der Waals surface area contributed by atoms with Crippen LogP contribution in [0.2, 0.25) is 0 Å². The first kappa shape index (κ1) is 13.4. The van der Waals surface area contributed by atoms with Crippen LogP contribution < -0.4 is 5.32 Å². The maximum absolute atomic E-state index is 11.8. The van der Waals surface area contributed by atoms with E-state index in [0.717, 1.165) is 41.6 Å². The molecular weight excluding hydrogens is 322 g/mol. The van der Waals surface area contributed by atoms with Crippen LogP contribution in [0.3, 0.4) is 0 Å². The Morgan fingerprint density at radius 1 is 1.47 bits per heavy atom. The van der Waals surface area contributed by atoms with E-state index in [1.807, 2.05) is 11.4 Å². The second-order valence-corrected chi connectivity index (χ2v) is 7.38. The molecule has 1 aliphatic carbocycles. The first-order chi connectivity index (χ1) is 8.15. The summed E-state index contributed by atoms with van der Waals surface area (Å²) >= 11 is 10.9. The zero-order valence-electron chi connectivity index (χ0n) is 9.42. The first-order valence-corrected chi connectivity index (χ1v) is 7.92. The van der Waals surface area contributed by atoms with Crippen LogP contribution in [0, 0.1) is 5.92 Å². The molecule has 1 saturated carbocycles. The van der Waals surface area contributed by atoms with Gasteiger partial charge in [-0.2, -0.15) is 0 Å². The van der Waals surface area contributed by atoms with Gasteiger partial charge in [-0.3, -0.25) is 4.79 Å². The van der Waals surface area contributed by atoms with E-state index in [0.29, 0.717) is 11.3 Å². The number of halogens is 2. The van der Waals surface area contributed by atoms with Crippen LogP contribution in [0.1, 0.15) is 36.0 Å². The molecule has 1 heterocycles. The van der Waals surface area contributed by atoms with Gasteiger partial charge < -0.3 is 5.32 Å². The Morgan fingerprint density at radius 3 is 2.76 bits per heavy atom. The number of hydrogen-bond acceptors (Lipinski definition) is 2. The highest BCUT2D eigenvalue weighted by molar-refractivity contribution is 9.11. The van der Waals surface area contributed by atoms with Gasteiger partial charge in [-0.05, 0) is 53.6 Å². The summed E-state index contributed by atoms with van der Waals surface area (Å²) in [6.07, 6.45) is 4.40. The predicted octanol–water partition coefficient (Wildman–Crippen LogP) is 4.04. The normalized spacial score (nSPS) is 24.6. The monoisotopic (exact) mass is 335 g/mol. The van der Waals surface area contributed by atoms with Crippen molar-refractivity contribution in [3.05, 3.63) is 20.8 Å². The summed E-state index contributed by atoms with van der Waals surface area (Å²) < 4.78 is 0.991. The van der Waals surface area contributed by atoms with Crippen LogP contribution >= 0.6 is 38.9 Å². The summed E-state index contributed by atoms with van der Waals surface area (Å²) in [5.74, 6) is 0.621. The van der Waals surface area contributed by atoms with Gasteiger partial charge in [0.05, 0.1) is 9.35 Å². The fraction of sp³-hybridized carbons (Fsp3) is 0.583. The summed E-state index contributed by atoms with van der Waals surface area (Å²) in [5, 5.41) is 5.21. The van der Waals surface area contributed by atoms with Gasteiger partial charge in [0.2, 0.25) is 0 Å². The maximum Gasteiger partial charge on any atom is 0.252 e. The standard InChI is InChI=1S/C12H15BrClNOS/c13-11-5-9(7-17-11)12(16)15-6-8-1-3-10(14)4-2-8/h5,7-8,10H,1-4,6H2,(H,15,16). The van der Waals surface area contributed by atoms with Crippen LogP contribution in [0.15, 0.2) is 15.2 Å². The number of nitrogens with one attached hydrogen (secondary N) is 1. The number of alkyl halides is 1. The van der Waals surface area contributed by atoms with Crippen molar-refractivity contribution < 1.29 is 4.79 Å². The van der Waals surface area contributed by atoms with E-state index in [2.05, 4.69) is 21.2 Å². The van der Waals surface area contributed by atoms with Crippen LogP contribution in [0.25, 0.3) is 0 Å². The minimum atomic E-state index is 0.0277. The molecule has 94 valence electrons. The lowest BCUT2D eigenvalue weighted by Crippen LogP contribution is -2.31. The molecule has 0 atom stereocenters. The largest absolute Gasteiger partial charge is 0.352 e. The fourth-order valence-corrected chi connectivity index (χ4v) is 3.48. The summed E-state index contributed by atoms with van der Waals surface area (Å²) in [5.41, 5.74) is 0.743. The Bertz CT molecular complexity index is 388. The Morgan fingerprint density at radius 2 is 2.18 bits per heavy atom. The molecule has 2 rings (SSSR count). The average molecular weight is 337 g/mol. The third kappa shape index (κ3) is 3.97. The van der Waals surface area contributed by atoms with Crippen LogP contribution in [-0.4, -0.2) is 17.8 Å². The molecule has 0 saturated heterocycles. The van der Waals surface area contributed by atoms with E-state index < -0.39 is 0 Å². The molecule has 0 radical (unpaired) electrons. The average Bonchev–Trinajstić information content (AvgIpc) is 2.75. The van der Waals surface area contributed by atoms with Crippen molar-refractivity contribution in [2.24, 2.45) is 5.92 Å². The Hall–Kier alpha value is -0.0600. The SMILES string of the molecule is O=C(NCC1CCC(Cl)CC1)c1csc(Br)c1. The number of amides is 1. The van der Waals surface area contributed by atoms with Crippen LogP contribution in [0.4, 0.5) is 0 Å². The number of thiophene rings is 1. The quantitative estimate of drug-likeness (QED) is 0.829. The van der Waals surface area contributed by atoms with Gasteiger partial charge >= 0.3 is 0 Å². The van der Waals surface area contributed by atoms with Gasteiger partial charge in [0.1, 0.15) is 0 Å². The molecule has 1 N–H and O–H groups in total. The molecule has 0 aromatic carbocycles. The molecule has 1 aromatic rings. The molecule has 0 unspecified atom stereocenters. The van der Waals surface area contributed by atoms with E-state index in [4.69, 9.17) is 11.6 Å². The third-order valence-corrected chi connectivity index (χ3v) is 5.10. The summed E-state index contributed by atoms with van der Waals surface area (Å²) in [7, 11) is 0. The molecule has 1 aliphatic rings. The van der Waals surface area contributed by atoms with Crippen LogP contribution in [0.5, 0.6) is 0 Å². The fourth-order valence-electron chi connectivity index (χ4n) is 2.09. The van der Waals surface area contributed by atoms with Gasteiger partial charge in [-0.15, -0.1) is 22.9 Å². The highest BCUT2D eigenvalue weighted by Gasteiger charge is 2.20.